The zero-order valence-corrected chi connectivity index (χ0v) is 16.8. The van der Waals surface area contributed by atoms with Crippen molar-refractivity contribution in [1.29, 1.82) is 0 Å². The van der Waals surface area contributed by atoms with Gasteiger partial charge >= 0.3 is 0 Å². The molecule has 0 fully saturated rings. The molecule has 0 atom stereocenters. The van der Waals surface area contributed by atoms with E-state index in [0.717, 1.165) is 42.5 Å². The maximum Gasteiger partial charge on any atom is 0.191 e. The van der Waals surface area contributed by atoms with Gasteiger partial charge in [-0.05, 0) is 36.1 Å². The normalized spacial score (nSPS) is 11.0. The highest BCUT2D eigenvalue weighted by atomic mass is 127. The summed E-state index contributed by atoms with van der Waals surface area (Å²) < 4.78 is 18.5. The fourth-order valence-corrected chi connectivity index (χ4v) is 2.32. The number of rotatable bonds is 8. The van der Waals surface area contributed by atoms with Crippen molar-refractivity contribution in [2.45, 2.75) is 13.0 Å². The number of hydrogen-bond donors (Lipinski definition) is 2. The monoisotopic (exact) mass is 463 g/mol. The molecule has 0 aliphatic rings. The van der Waals surface area contributed by atoms with Gasteiger partial charge in [-0.2, -0.15) is 11.8 Å². The van der Waals surface area contributed by atoms with Crippen LogP contribution in [-0.2, 0) is 13.0 Å². The highest BCUT2D eigenvalue weighted by Crippen LogP contribution is 2.04. The molecule has 7 heteroatoms. The van der Waals surface area contributed by atoms with Crippen molar-refractivity contribution in [2.75, 3.05) is 25.1 Å². The van der Waals surface area contributed by atoms with Crippen molar-refractivity contribution in [2.24, 2.45) is 4.99 Å². The predicted molar refractivity (Wildman–Crippen MR) is 110 cm³/mol. The molecular weight excluding hydrogens is 440 g/mol. The lowest BCUT2D eigenvalue weighted by Gasteiger charge is -2.12. The molecular formula is C17H23FIN3OS. The van der Waals surface area contributed by atoms with Crippen molar-refractivity contribution in [1.82, 2.24) is 10.6 Å². The Kier molecular flexibility index (Phi) is 10.6. The van der Waals surface area contributed by atoms with Gasteiger partial charge in [-0.3, -0.25) is 0 Å². The van der Waals surface area contributed by atoms with E-state index >= 15 is 0 Å². The molecule has 0 aliphatic heterocycles. The van der Waals surface area contributed by atoms with Gasteiger partial charge in [0.25, 0.3) is 0 Å². The minimum Gasteiger partial charge on any atom is -0.469 e. The Balaban J connectivity index is 0.00000288. The summed E-state index contributed by atoms with van der Waals surface area (Å²) in [6, 6.07) is 10.3. The van der Waals surface area contributed by atoms with Gasteiger partial charge in [0, 0.05) is 25.3 Å². The minimum atomic E-state index is -0.236. The summed E-state index contributed by atoms with van der Waals surface area (Å²) in [5.74, 6) is 2.43. The lowest BCUT2D eigenvalue weighted by atomic mass is 10.2. The number of aliphatic imine (C=N–C) groups is 1. The molecule has 2 rings (SSSR count). The molecule has 1 aromatic carbocycles. The van der Waals surface area contributed by atoms with Crippen LogP contribution in [0.15, 0.2) is 52.1 Å². The number of furan rings is 1. The Labute approximate surface area is 163 Å². The van der Waals surface area contributed by atoms with Gasteiger partial charge in [-0.25, -0.2) is 9.38 Å². The summed E-state index contributed by atoms with van der Waals surface area (Å²) in [6.07, 6.45) is 4.52. The average Bonchev–Trinajstić information content (AvgIpc) is 3.06. The number of halogens is 2. The molecule has 4 nitrogen and oxygen atoms in total. The molecule has 1 heterocycles. The van der Waals surface area contributed by atoms with Crippen LogP contribution in [0.3, 0.4) is 0 Å². The topological polar surface area (TPSA) is 49.6 Å². The van der Waals surface area contributed by atoms with E-state index in [1.807, 2.05) is 18.2 Å². The second-order valence-electron chi connectivity index (χ2n) is 4.97. The largest absolute Gasteiger partial charge is 0.469 e. The Morgan fingerprint density at radius 2 is 2.04 bits per heavy atom. The van der Waals surface area contributed by atoms with E-state index in [-0.39, 0.29) is 29.8 Å². The van der Waals surface area contributed by atoms with Gasteiger partial charge in [-0.1, -0.05) is 12.1 Å². The standard InChI is InChI=1S/C17H22FN3OS.HI/c1-23-11-9-20-17(19-8-7-16-6-3-10-22-16)21-13-14-4-2-5-15(18)12-14;/h2-6,10,12H,7-9,11,13H2,1H3,(H2,19,20,21);1H. The van der Waals surface area contributed by atoms with E-state index in [2.05, 4.69) is 21.9 Å². The van der Waals surface area contributed by atoms with Gasteiger partial charge in [0.15, 0.2) is 5.96 Å². The maximum absolute atomic E-state index is 13.2. The molecule has 1 aromatic heterocycles. The molecule has 0 unspecified atom stereocenters. The summed E-state index contributed by atoms with van der Waals surface area (Å²) >= 11 is 1.77. The van der Waals surface area contributed by atoms with Gasteiger partial charge in [0.1, 0.15) is 11.6 Å². The first-order valence-electron chi connectivity index (χ1n) is 7.56. The number of thioether (sulfide) groups is 1. The molecule has 24 heavy (non-hydrogen) atoms. The number of benzene rings is 1. The van der Waals surface area contributed by atoms with Crippen molar-refractivity contribution in [3.8, 4) is 0 Å². The summed E-state index contributed by atoms with van der Waals surface area (Å²) in [7, 11) is 0. The van der Waals surface area contributed by atoms with Crippen LogP contribution >= 0.6 is 35.7 Å². The van der Waals surface area contributed by atoms with Crippen LogP contribution in [0.5, 0.6) is 0 Å². The third kappa shape index (κ3) is 8.05. The molecule has 0 bridgehead atoms. The first-order chi connectivity index (χ1) is 11.3. The van der Waals surface area contributed by atoms with Crippen LogP contribution in [0.25, 0.3) is 0 Å². The fraction of sp³-hybridized carbons (Fsp3) is 0.353. The third-order valence-electron chi connectivity index (χ3n) is 3.15. The lowest BCUT2D eigenvalue weighted by Crippen LogP contribution is -2.39. The van der Waals surface area contributed by atoms with Crippen LogP contribution in [0.2, 0.25) is 0 Å². The number of nitrogens with one attached hydrogen (secondary N) is 2. The summed E-state index contributed by atoms with van der Waals surface area (Å²) in [4.78, 5) is 4.51. The molecule has 0 radical (unpaired) electrons. The van der Waals surface area contributed by atoms with Crippen molar-refractivity contribution in [3.05, 3.63) is 59.8 Å². The van der Waals surface area contributed by atoms with Gasteiger partial charge in [-0.15, -0.1) is 24.0 Å². The number of nitrogens with zero attached hydrogens (tertiary/aromatic N) is 1. The fourth-order valence-electron chi connectivity index (χ4n) is 2.01. The quantitative estimate of drug-likeness (QED) is 0.272. The highest BCUT2D eigenvalue weighted by Gasteiger charge is 2.01. The Hall–Kier alpha value is -1.22. The zero-order chi connectivity index (χ0) is 16.3. The van der Waals surface area contributed by atoms with E-state index in [1.54, 1.807) is 24.1 Å². The summed E-state index contributed by atoms with van der Waals surface area (Å²) in [6.45, 7) is 1.99. The second-order valence-corrected chi connectivity index (χ2v) is 5.96. The lowest BCUT2D eigenvalue weighted by molar-refractivity contribution is 0.507. The average molecular weight is 463 g/mol. The van der Waals surface area contributed by atoms with Crippen molar-refractivity contribution >= 4 is 41.7 Å². The predicted octanol–water partition coefficient (Wildman–Crippen LogP) is 3.68. The first-order valence-corrected chi connectivity index (χ1v) is 8.95. The molecule has 0 amide bonds. The van der Waals surface area contributed by atoms with Crippen molar-refractivity contribution in [3.63, 3.8) is 0 Å². The van der Waals surface area contributed by atoms with Crippen LogP contribution < -0.4 is 10.6 Å². The molecule has 2 aromatic rings. The summed E-state index contributed by atoms with van der Waals surface area (Å²) in [5, 5.41) is 6.56. The molecule has 0 saturated carbocycles. The first kappa shape index (κ1) is 20.8. The van der Waals surface area contributed by atoms with Crippen LogP contribution in [-0.4, -0.2) is 31.1 Å². The van der Waals surface area contributed by atoms with Crippen LogP contribution in [0.1, 0.15) is 11.3 Å². The Morgan fingerprint density at radius 1 is 1.21 bits per heavy atom. The molecule has 0 saturated heterocycles. The zero-order valence-electron chi connectivity index (χ0n) is 13.6. The molecule has 0 aliphatic carbocycles. The molecule has 2 N–H and O–H groups in total. The van der Waals surface area contributed by atoms with Crippen LogP contribution in [0.4, 0.5) is 4.39 Å². The number of hydrogen-bond acceptors (Lipinski definition) is 3. The molecule has 132 valence electrons. The summed E-state index contributed by atoms with van der Waals surface area (Å²) in [5.41, 5.74) is 0.849. The van der Waals surface area contributed by atoms with Crippen molar-refractivity contribution < 1.29 is 8.81 Å². The maximum atomic E-state index is 13.2. The SMILES string of the molecule is CSCCNC(=NCc1cccc(F)c1)NCCc1ccco1.I. The van der Waals surface area contributed by atoms with E-state index in [4.69, 9.17) is 4.42 Å². The Bertz CT molecular complexity index is 608. The van der Waals surface area contributed by atoms with E-state index < -0.39 is 0 Å². The molecule has 0 spiro atoms. The van der Waals surface area contributed by atoms with Gasteiger partial charge < -0.3 is 15.1 Å². The Morgan fingerprint density at radius 3 is 2.75 bits per heavy atom. The third-order valence-corrected chi connectivity index (χ3v) is 3.76. The van der Waals surface area contributed by atoms with E-state index in [1.165, 1.54) is 12.1 Å². The van der Waals surface area contributed by atoms with E-state index in [9.17, 15) is 4.39 Å². The smallest absolute Gasteiger partial charge is 0.191 e. The van der Waals surface area contributed by atoms with Gasteiger partial charge in [0.2, 0.25) is 0 Å². The minimum absolute atomic E-state index is 0. The van der Waals surface area contributed by atoms with Gasteiger partial charge in [0.05, 0.1) is 12.8 Å². The van der Waals surface area contributed by atoms with Crippen LogP contribution in [0, 0.1) is 5.82 Å². The highest BCUT2D eigenvalue weighted by molar-refractivity contribution is 14.0. The van der Waals surface area contributed by atoms with E-state index in [0.29, 0.717) is 6.54 Å². The second kappa shape index (κ2) is 12.2. The number of guanidine groups is 1.